The fraction of sp³-hybridized carbons (Fsp3) is 0.333. The predicted octanol–water partition coefficient (Wildman–Crippen LogP) is 5.54. The highest BCUT2D eigenvalue weighted by atomic mass is 16.8. The predicted molar refractivity (Wildman–Crippen MR) is 147 cm³/mol. The maximum absolute atomic E-state index is 13.0. The molecule has 8 nitrogen and oxygen atoms in total. The standard InChI is InChI=1S/C30H33N3O5/c1-4-14-32(2)38-31-29(34)20-10-12-25-26(17-20)33-18-22(30(35)36)15-21-16-23(37-3)11-13-24(21)28(33)27(25)19-8-6-5-7-9-19/h4,10-13,15-17,19H,1,5-9,14,18H2,2-3H3,(H,31,34)(H,35,36). The maximum Gasteiger partial charge on any atom is 0.333 e. The van der Waals surface area contributed by atoms with Gasteiger partial charge in [0, 0.05) is 35.6 Å². The lowest BCUT2D eigenvalue weighted by molar-refractivity contribution is -0.172. The van der Waals surface area contributed by atoms with Gasteiger partial charge in [0.15, 0.2) is 0 Å². The lowest BCUT2D eigenvalue weighted by Gasteiger charge is -2.24. The molecule has 2 N–H and O–H groups in total. The largest absolute Gasteiger partial charge is 0.497 e. The Labute approximate surface area is 222 Å². The Kier molecular flexibility index (Phi) is 7.35. The number of ether oxygens (including phenoxy) is 1. The number of benzene rings is 2. The molecule has 5 rings (SSSR count). The van der Waals surface area contributed by atoms with Crippen LogP contribution in [0.5, 0.6) is 5.75 Å². The lowest BCUT2D eigenvalue weighted by Crippen LogP contribution is -2.32. The van der Waals surface area contributed by atoms with Crippen LogP contribution in [0.1, 0.15) is 59.5 Å². The molecule has 0 radical (unpaired) electrons. The van der Waals surface area contributed by atoms with E-state index in [1.54, 1.807) is 26.3 Å². The second kappa shape index (κ2) is 10.8. The van der Waals surface area contributed by atoms with Gasteiger partial charge in [0.25, 0.3) is 5.91 Å². The molecular weight excluding hydrogens is 482 g/mol. The van der Waals surface area contributed by atoms with E-state index in [-0.39, 0.29) is 18.0 Å². The van der Waals surface area contributed by atoms with E-state index < -0.39 is 5.97 Å². The summed E-state index contributed by atoms with van der Waals surface area (Å²) in [6.07, 6.45) is 9.14. The van der Waals surface area contributed by atoms with Crippen molar-refractivity contribution in [3.8, 4) is 17.0 Å². The zero-order valence-electron chi connectivity index (χ0n) is 21.8. The number of hydroxylamine groups is 3. The smallest absolute Gasteiger partial charge is 0.333 e. The van der Waals surface area contributed by atoms with Crippen molar-refractivity contribution in [1.29, 1.82) is 0 Å². The van der Waals surface area contributed by atoms with Crippen LogP contribution in [0.15, 0.2) is 54.6 Å². The first-order valence-corrected chi connectivity index (χ1v) is 13.0. The number of likely N-dealkylation sites (N-methyl/N-ethyl adjacent to an activating group) is 1. The van der Waals surface area contributed by atoms with Crippen LogP contribution in [-0.4, -0.2) is 47.3 Å². The minimum absolute atomic E-state index is 0.189. The van der Waals surface area contributed by atoms with Crippen LogP contribution in [0.2, 0.25) is 0 Å². The molecule has 2 aromatic carbocycles. The number of carbonyl (C=O) groups is 2. The summed E-state index contributed by atoms with van der Waals surface area (Å²) in [5.74, 6) is -0.320. The van der Waals surface area contributed by atoms with Crippen molar-refractivity contribution in [2.24, 2.45) is 0 Å². The summed E-state index contributed by atoms with van der Waals surface area (Å²) in [5, 5.41) is 12.6. The molecule has 1 aromatic heterocycles. The van der Waals surface area contributed by atoms with Gasteiger partial charge in [-0.1, -0.05) is 31.4 Å². The quantitative estimate of drug-likeness (QED) is 0.302. The van der Waals surface area contributed by atoms with Gasteiger partial charge in [0.1, 0.15) is 5.75 Å². The fourth-order valence-electron chi connectivity index (χ4n) is 5.71. The molecule has 2 aliphatic rings. The number of rotatable bonds is 8. The van der Waals surface area contributed by atoms with Gasteiger partial charge < -0.3 is 14.4 Å². The first-order chi connectivity index (χ1) is 18.4. The molecule has 8 heteroatoms. The van der Waals surface area contributed by atoms with E-state index >= 15 is 0 Å². The number of carboxylic acid groups (broad SMARTS) is 1. The van der Waals surface area contributed by atoms with E-state index in [4.69, 9.17) is 9.68 Å². The van der Waals surface area contributed by atoms with Gasteiger partial charge >= 0.3 is 5.97 Å². The van der Waals surface area contributed by atoms with E-state index in [9.17, 15) is 14.7 Å². The fourth-order valence-corrected chi connectivity index (χ4v) is 5.71. The van der Waals surface area contributed by atoms with Gasteiger partial charge in [-0.3, -0.25) is 4.79 Å². The summed E-state index contributed by atoms with van der Waals surface area (Å²) in [6.45, 7) is 4.30. The van der Waals surface area contributed by atoms with Crippen molar-refractivity contribution >= 4 is 28.9 Å². The molecule has 0 unspecified atom stereocenters. The average Bonchev–Trinajstić information content (AvgIpc) is 3.14. The molecule has 38 heavy (non-hydrogen) atoms. The van der Waals surface area contributed by atoms with Gasteiger partial charge in [-0.15, -0.1) is 6.58 Å². The molecule has 2 heterocycles. The monoisotopic (exact) mass is 515 g/mol. The number of hydrogen-bond acceptors (Lipinski definition) is 5. The Morgan fingerprint density at radius 3 is 2.68 bits per heavy atom. The Morgan fingerprint density at radius 1 is 1.18 bits per heavy atom. The third-order valence-electron chi connectivity index (χ3n) is 7.51. The molecule has 198 valence electrons. The molecule has 0 saturated heterocycles. The zero-order chi connectivity index (χ0) is 26.8. The average molecular weight is 516 g/mol. The Morgan fingerprint density at radius 2 is 1.97 bits per heavy atom. The molecular formula is C30H33N3O5. The molecule has 3 aromatic rings. The first-order valence-electron chi connectivity index (χ1n) is 13.0. The van der Waals surface area contributed by atoms with E-state index in [0.29, 0.717) is 23.8 Å². The number of nitrogens with one attached hydrogen (secondary N) is 1. The Hall–Kier alpha value is -3.88. The van der Waals surface area contributed by atoms with Crippen molar-refractivity contribution in [2.75, 3.05) is 20.7 Å². The van der Waals surface area contributed by atoms with Gasteiger partial charge in [0.2, 0.25) is 0 Å². The number of carbonyl (C=O) groups excluding carboxylic acids is 1. The second-order valence-corrected chi connectivity index (χ2v) is 9.96. The number of aliphatic carboxylic acids is 1. The normalized spacial score (nSPS) is 15.4. The summed E-state index contributed by atoms with van der Waals surface area (Å²) in [6, 6.07) is 11.5. The minimum Gasteiger partial charge on any atom is -0.497 e. The van der Waals surface area contributed by atoms with Gasteiger partial charge in [0.05, 0.1) is 24.9 Å². The molecule has 0 spiro atoms. The lowest BCUT2D eigenvalue weighted by atomic mass is 9.81. The Balaban J connectivity index is 1.69. The van der Waals surface area contributed by atoms with Crippen LogP contribution in [0.25, 0.3) is 28.2 Å². The second-order valence-electron chi connectivity index (χ2n) is 9.96. The summed E-state index contributed by atoms with van der Waals surface area (Å²) in [5.41, 5.74) is 8.07. The highest BCUT2D eigenvalue weighted by Gasteiger charge is 2.30. The molecule has 1 aliphatic carbocycles. The third-order valence-corrected chi connectivity index (χ3v) is 7.51. The molecule has 1 aliphatic heterocycles. The number of nitrogens with zero attached hydrogens (tertiary/aromatic N) is 2. The number of carboxylic acids is 1. The summed E-state index contributed by atoms with van der Waals surface area (Å²) in [7, 11) is 3.30. The van der Waals surface area contributed by atoms with E-state index in [0.717, 1.165) is 40.6 Å². The van der Waals surface area contributed by atoms with Crippen LogP contribution < -0.4 is 10.2 Å². The minimum atomic E-state index is -0.972. The van der Waals surface area contributed by atoms with Crippen molar-refractivity contribution in [1.82, 2.24) is 15.1 Å². The molecule has 0 atom stereocenters. The van der Waals surface area contributed by atoms with Crippen LogP contribution in [0.4, 0.5) is 0 Å². The van der Waals surface area contributed by atoms with Crippen molar-refractivity contribution in [3.05, 3.63) is 71.3 Å². The van der Waals surface area contributed by atoms with Gasteiger partial charge in [-0.2, -0.15) is 10.0 Å². The van der Waals surface area contributed by atoms with Gasteiger partial charge in [-0.05, 0) is 66.3 Å². The van der Waals surface area contributed by atoms with Crippen LogP contribution >= 0.6 is 0 Å². The SMILES string of the molecule is C=CCN(C)ONC(=O)c1ccc2c(C3CCCCC3)c3n(c2c1)CC(C(=O)O)=Cc1cc(OC)ccc1-3. The number of hydrogen-bond donors (Lipinski definition) is 2. The molecule has 1 saturated carbocycles. The van der Waals surface area contributed by atoms with E-state index in [1.807, 2.05) is 36.4 Å². The summed E-state index contributed by atoms with van der Waals surface area (Å²) in [4.78, 5) is 30.6. The van der Waals surface area contributed by atoms with Crippen LogP contribution in [-0.2, 0) is 16.3 Å². The number of amides is 1. The Bertz CT molecular complexity index is 1430. The molecule has 1 fully saturated rings. The van der Waals surface area contributed by atoms with Crippen LogP contribution in [0.3, 0.4) is 0 Å². The van der Waals surface area contributed by atoms with E-state index in [1.165, 1.54) is 29.9 Å². The first kappa shape index (κ1) is 25.8. The number of aromatic nitrogens is 1. The third kappa shape index (κ3) is 4.85. The maximum atomic E-state index is 13.0. The summed E-state index contributed by atoms with van der Waals surface area (Å²) >= 11 is 0. The number of methoxy groups -OCH3 is 1. The van der Waals surface area contributed by atoms with Crippen LogP contribution in [0, 0.1) is 0 Å². The van der Waals surface area contributed by atoms with E-state index in [2.05, 4.69) is 16.6 Å². The van der Waals surface area contributed by atoms with Crippen molar-refractivity contribution in [3.63, 3.8) is 0 Å². The van der Waals surface area contributed by atoms with Crippen molar-refractivity contribution in [2.45, 2.75) is 44.6 Å². The zero-order valence-corrected chi connectivity index (χ0v) is 21.8. The van der Waals surface area contributed by atoms with Crippen molar-refractivity contribution < 1.29 is 24.4 Å². The van der Waals surface area contributed by atoms with Gasteiger partial charge in [-0.25, -0.2) is 10.3 Å². The highest BCUT2D eigenvalue weighted by molar-refractivity contribution is 6.03. The highest BCUT2D eigenvalue weighted by Crippen LogP contribution is 2.47. The molecule has 0 bridgehead atoms. The molecule has 1 amide bonds. The summed E-state index contributed by atoms with van der Waals surface area (Å²) < 4.78 is 7.53. The topological polar surface area (TPSA) is 93.0 Å². The number of fused-ring (bicyclic) bond motifs is 5.